The highest BCUT2D eigenvalue weighted by molar-refractivity contribution is 9.10. The van der Waals surface area contributed by atoms with E-state index in [1.54, 1.807) is 0 Å². The fourth-order valence-electron chi connectivity index (χ4n) is 3.99. The van der Waals surface area contributed by atoms with Crippen LogP contribution in [-0.4, -0.2) is 23.0 Å². The van der Waals surface area contributed by atoms with Crippen LogP contribution >= 0.6 is 15.9 Å². The number of fused-ring (bicyclic) bond motifs is 1. The smallest absolute Gasteiger partial charge is 0.327 e. The Bertz CT molecular complexity index is 1910. The minimum absolute atomic E-state index is 0.0111. The summed E-state index contributed by atoms with van der Waals surface area (Å²) in [6, 6.07) is 3.44. The second-order valence-corrected chi connectivity index (χ2v) is 9.65. The molecule has 0 saturated carbocycles. The van der Waals surface area contributed by atoms with E-state index in [1.165, 1.54) is 5.32 Å². The van der Waals surface area contributed by atoms with Crippen LogP contribution in [-0.2, 0) is 11.8 Å². The quantitative estimate of drug-likeness (QED) is 0.222. The number of anilines is 1. The zero-order valence-electron chi connectivity index (χ0n) is 20.6. The Morgan fingerprint density at radius 1 is 0.818 bits per heavy atom. The van der Waals surface area contributed by atoms with Crippen LogP contribution < -0.4 is 16.5 Å². The summed E-state index contributed by atoms with van der Waals surface area (Å²) in [4.78, 5) is 37.9. The molecule has 0 saturated heterocycles. The highest BCUT2D eigenvalue weighted by Crippen LogP contribution is 2.55. The summed E-state index contributed by atoms with van der Waals surface area (Å²) in [5.74, 6) is -4.50. The van der Waals surface area contributed by atoms with Gasteiger partial charge in [-0.05, 0) is 58.4 Å². The van der Waals surface area contributed by atoms with Crippen LogP contribution in [0.2, 0.25) is 0 Å². The van der Waals surface area contributed by atoms with Gasteiger partial charge in [-0.1, -0.05) is 6.07 Å². The first-order chi connectivity index (χ1) is 20.1. The van der Waals surface area contributed by atoms with E-state index in [4.69, 9.17) is 4.52 Å². The molecule has 0 spiro atoms. The van der Waals surface area contributed by atoms with Gasteiger partial charge in [0.2, 0.25) is 0 Å². The molecular weight excluding hydrogens is 700 g/mol. The molecule has 0 aliphatic rings. The van der Waals surface area contributed by atoms with Crippen LogP contribution in [0.25, 0.3) is 16.5 Å². The van der Waals surface area contributed by atoms with Gasteiger partial charge < -0.3 is 9.84 Å². The molecule has 0 aliphatic heterocycles. The number of carbonyl (C=O) groups excluding carboxylic acids is 1. The van der Waals surface area contributed by atoms with Crippen molar-refractivity contribution in [2.24, 2.45) is 0 Å². The number of nitrogens with zero attached hydrogens (tertiary/aromatic N) is 1. The number of hydrogen-bond donors (Lipinski definition) is 1. The Kier molecular flexibility index (Phi) is 7.94. The zero-order chi connectivity index (χ0) is 33.2. The third kappa shape index (κ3) is 5.43. The standard InChI is InChI=1S/C25H9BrF12N2O4/c26-15-7-9(22(29,24(33,34)35)25(36,37)38)6-14(23(30,31)32)18(15)39-19(41)12-2-1-3-16(17(12)28)40-20(42)13-8-10(27)4-5-11(13)21(43)44-40/h1-8H,(H,39,41). The third-order valence-electron chi connectivity index (χ3n) is 6.05. The Labute approximate surface area is 242 Å². The van der Waals surface area contributed by atoms with Gasteiger partial charge in [0.05, 0.1) is 27.6 Å². The Balaban J connectivity index is 1.85. The Morgan fingerprint density at radius 2 is 1.43 bits per heavy atom. The second kappa shape index (κ2) is 10.7. The largest absolute Gasteiger partial charge is 0.435 e. The average Bonchev–Trinajstić information content (AvgIpc) is 2.89. The number of alkyl halides is 10. The van der Waals surface area contributed by atoms with E-state index >= 15 is 4.39 Å². The molecule has 234 valence electrons. The predicted octanol–water partition coefficient (Wildman–Crippen LogP) is 7.55. The highest BCUT2D eigenvalue weighted by atomic mass is 79.9. The minimum Gasteiger partial charge on any atom is -0.327 e. The van der Waals surface area contributed by atoms with Crippen molar-refractivity contribution in [2.45, 2.75) is 24.2 Å². The Morgan fingerprint density at radius 3 is 2.00 bits per heavy atom. The molecule has 1 amide bonds. The molecule has 44 heavy (non-hydrogen) atoms. The maximum atomic E-state index is 15.4. The number of amides is 1. The number of benzene rings is 3. The first-order valence-electron chi connectivity index (χ1n) is 11.3. The van der Waals surface area contributed by atoms with Crippen LogP contribution in [0.1, 0.15) is 21.5 Å². The summed E-state index contributed by atoms with van der Waals surface area (Å²) in [6.45, 7) is 0. The van der Waals surface area contributed by atoms with Crippen molar-refractivity contribution < 1.29 is 62.0 Å². The van der Waals surface area contributed by atoms with Crippen molar-refractivity contribution in [2.75, 3.05) is 5.32 Å². The van der Waals surface area contributed by atoms with Crippen molar-refractivity contribution >= 4 is 38.3 Å². The van der Waals surface area contributed by atoms with E-state index < -0.39 is 102 Å². The topological polar surface area (TPSA) is 81.3 Å². The van der Waals surface area contributed by atoms with Gasteiger partial charge in [-0.2, -0.15) is 39.5 Å². The molecule has 0 fully saturated rings. The number of carbonyl (C=O) groups is 1. The molecule has 0 aliphatic carbocycles. The monoisotopic (exact) mass is 708 g/mol. The molecule has 19 heteroatoms. The summed E-state index contributed by atoms with van der Waals surface area (Å²) in [7, 11) is 0. The van der Waals surface area contributed by atoms with E-state index in [-0.39, 0.29) is 10.8 Å². The molecule has 0 unspecified atom stereocenters. The maximum Gasteiger partial charge on any atom is 0.435 e. The predicted molar refractivity (Wildman–Crippen MR) is 130 cm³/mol. The van der Waals surface area contributed by atoms with Gasteiger partial charge in [-0.3, -0.25) is 9.59 Å². The summed E-state index contributed by atoms with van der Waals surface area (Å²) in [6.07, 6.45) is -19.4. The SMILES string of the molecule is O=C(Nc1c(Br)cc(C(F)(C(F)(F)F)C(F)(F)F)cc1C(F)(F)F)c1cccc(-n2oc(=O)c3ccc(F)cc3c2=O)c1F. The van der Waals surface area contributed by atoms with Gasteiger partial charge in [0, 0.05) is 10.0 Å². The second-order valence-electron chi connectivity index (χ2n) is 8.79. The lowest BCUT2D eigenvalue weighted by molar-refractivity contribution is -0.348. The summed E-state index contributed by atoms with van der Waals surface area (Å²) in [5, 5.41) is 0.480. The van der Waals surface area contributed by atoms with Crippen molar-refractivity contribution in [1.82, 2.24) is 4.74 Å². The summed E-state index contributed by atoms with van der Waals surface area (Å²) < 4.78 is 168. The first kappa shape index (κ1) is 32.6. The molecule has 4 aromatic rings. The summed E-state index contributed by atoms with van der Waals surface area (Å²) >= 11 is 2.30. The average molecular weight is 709 g/mol. The van der Waals surface area contributed by atoms with E-state index in [2.05, 4.69) is 15.9 Å². The highest BCUT2D eigenvalue weighted by Gasteiger charge is 2.73. The molecule has 0 bridgehead atoms. The van der Waals surface area contributed by atoms with Gasteiger partial charge in [-0.25, -0.2) is 18.0 Å². The number of aromatic nitrogens is 1. The zero-order valence-corrected chi connectivity index (χ0v) is 22.2. The van der Waals surface area contributed by atoms with Crippen LogP contribution in [0, 0.1) is 11.6 Å². The van der Waals surface area contributed by atoms with Crippen molar-refractivity contribution in [3.05, 3.63) is 102 Å². The molecule has 4 rings (SSSR count). The third-order valence-corrected chi connectivity index (χ3v) is 6.67. The summed E-state index contributed by atoms with van der Waals surface area (Å²) in [5.41, 5.74) is -17.5. The minimum atomic E-state index is -6.77. The Hall–Kier alpha value is -4.29. The van der Waals surface area contributed by atoms with E-state index in [0.717, 1.165) is 24.3 Å². The number of nitrogens with one attached hydrogen (secondary N) is 1. The van der Waals surface area contributed by atoms with E-state index in [0.29, 0.717) is 12.1 Å². The van der Waals surface area contributed by atoms with Crippen LogP contribution in [0.4, 0.5) is 58.4 Å². The van der Waals surface area contributed by atoms with Gasteiger partial charge in [0.25, 0.3) is 11.5 Å². The van der Waals surface area contributed by atoms with Crippen molar-refractivity contribution in [3.8, 4) is 5.69 Å². The van der Waals surface area contributed by atoms with E-state index in [9.17, 15) is 62.7 Å². The number of rotatable bonds is 4. The molecule has 6 nitrogen and oxygen atoms in total. The molecule has 0 radical (unpaired) electrons. The van der Waals surface area contributed by atoms with Crippen LogP contribution in [0.15, 0.2) is 67.1 Å². The van der Waals surface area contributed by atoms with E-state index in [1.807, 2.05) is 0 Å². The van der Waals surface area contributed by atoms with Gasteiger partial charge in [-0.15, -0.1) is 4.74 Å². The van der Waals surface area contributed by atoms with Crippen molar-refractivity contribution in [3.63, 3.8) is 0 Å². The van der Waals surface area contributed by atoms with Gasteiger partial charge in [0.1, 0.15) is 11.5 Å². The lowest BCUT2D eigenvalue weighted by Crippen LogP contribution is -2.50. The van der Waals surface area contributed by atoms with Crippen LogP contribution in [0.3, 0.4) is 0 Å². The molecule has 1 heterocycles. The van der Waals surface area contributed by atoms with Crippen LogP contribution in [0.5, 0.6) is 0 Å². The maximum absolute atomic E-state index is 15.4. The van der Waals surface area contributed by atoms with Gasteiger partial charge in [0.15, 0.2) is 5.82 Å². The normalized spacial score (nSPS) is 12.9. The fourth-order valence-corrected chi connectivity index (χ4v) is 4.55. The molecule has 0 atom stereocenters. The fraction of sp³-hybridized carbons (Fsp3) is 0.160. The molecule has 3 aromatic carbocycles. The number of halogens is 13. The molecule has 1 N–H and O–H groups in total. The lowest BCUT2D eigenvalue weighted by atomic mass is 9.92. The number of hydrogen-bond acceptors (Lipinski definition) is 4. The van der Waals surface area contributed by atoms with Crippen molar-refractivity contribution in [1.29, 1.82) is 0 Å². The lowest BCUT2D eigenvalue weighted by Gasteiger charge is -2.31. The molecule has 1 aromatic heterocycles. The first-order valence-corrected chi connectivity index (χ1v) is 12.1. The molecular formula is C25H9BrF12N2O4. The van der Waals surface area contributed by atoms with Gasteiger partial charge >= 0.3 is 29.8 Å².